The van der Waals surface area contributed by atoms with Gasteiger partial charge in [-0.3, -0.25) is 14.5 Å². The number of hydrogen-bond donors (Lipinski definition) is 1. The molecule has 37 heavy (non-hydrogen) atoms. The summed E-state index contributed by atoms with van der Waals surface area (Å²) in [5.74, 6) is -1.62. The summed E-state index contributed by atoms with van der Waals surface area (Å²) < 4.78 is 43.9. The summed E-state index contributed by atoms with van der Waals surface area (Å²) >= 11 is 0. The number of fused-ring (bicyclic) bond motifs is 1. The molecule has 3 heterocycles. The fourth-order valence-electron chi connectivity index (χ4n) is 5.77. The maximum absolute atomic E-state index is 14.0. The third kappa shape index (κ3) is 5.57. The first-order valence-electron chi connectivity index (χ1n) is 13.2. The number of nitrogens with zero attached hydrogens (tertiary/aromatic N) is 3. The van der Waals surface area contributed by atoms with Crippen LogP contribution in [0.15, 0.2) is 16.7 Å². The van der Waals surface area contributed by atoms with Gasteiger partial charge in [-0.2, -0.15) is 0 Å². The highest BCUT2D eigenvalue weighted by atomic mass is 19.1. The van der Waals surface area contributed by atoms with Gasteiger partial charge in [-0.15, -0.1) is 0 Å². The van der Waals surface area contributed by atoms with E-state index in [4.69, 9.17) is 19.7 Å². The third-order valence-corrected chi connectivity index (χ3v) is 8.21. The number of primary amides is 1. The summed E-state index contributed by atoms with van der Waals surface area (Å²) in [6.45, 7) is 4.93. The smallest absolute Gasteiger partial charge is 0.310 e. The van der Waals surface area contributed by atoms with Gasteiger partial charge in [0, 0.05) is 45.5 Å². The Kier molecular flexibility index (Phi) is 7.62. The first kappa shape index (κ1) is 25.8. The summed E-state index contributed by atoms with van der Waals surface area (Å²) in [5.41, 5.74) is 4.49. The van der Waals surface area contributed by atoms with Crippen LogP contribution in [0.25, 0.3) is 11.0 Å². The fraction of sp³-hybridized carbons (Fsp3) is 0.654. The molecule has 2 aliphatic heterocycles. The number of benzene rings is 1. The molecule has 2 N–H and O–H groups in total. The van der Waals surface area contributed by atoms with Gasteiger partial charge < -0.3 is 24.6 Å². The van der Waals surface area contributed by atoms with Crippen molar-refractivity contribution in [1.29, 1.82) is 0 Å². The van der Waals surface area contributed by atoms with Crippen molar-refractivity contribution in [2.45, 2.75) is 50.5 Å². The summed E-state index contributed by atoms with van der Waals surface area (Å²) in [7, 11) is 0. The van der Waals surface area contributed by atoms with Gasteiger partial charge in [-0.1, -0.05) is 5.16 Å². The fourth-order valence-corrected chi connectivity index (χ4v) is 5.77. The molecule has 1 aromatic carbocycles. The Morgan fingerprint density at radius 3 is 2.46 bits per heavy atom. The Labute approximate surface area is 214 Å². The van der Waals surface area contributed by atoms with E-state index in [0.29, 0.717) is 69.1 Å². The Balaban J connectivity index is 1.09. The first-order valence-corrected chi connectivity index (χ1v) is 13.2. The zero-order valence-corrected chi connectivity index (χ0v) is 20.9. The molecule has 0 bridgehead atoms. The van der Waals surface area contributed by atoms with E-state index < -0.39 is 23.1 Å². The highest BCUT2D eigenvalue weighted by Gasteiger charge is 2.45. The molecule has 1 saturated carbocycles. The van der Waals surface area contributed by atoms with Crippen LogP contribution in [0.5, 0.6) is 0 Å². The highest BCUT2D eigenvalue weighted by molar-refractivity contribution is 5.89. The average molecular weight is 521 g/mol. The lowest BCUT2D eigenvalue weighted by Gasteiger charge is -2.39. The Morgan fingerprint density at radius 1 is 1.08 bits per heavy atom. The van der Waals surface area contributed by atoms with E-state index in [9.17, 15) is 18.4 Å². The van der Waals surface area contributed by atoms with Crippen molar-refractivity contribution in [2.75, 3.05) is 50.8 Å². The number of amides is 1. The second-order valence-corrected chi connectivity index (χ2v) is 10.5. The number of hydrogen-bond acceptors (Lipinski definition) is 8. The van der Waals surface area contributed by atoms with Crippen LogP contribution in [0.4, 0.5) is 14.6 Å². The van der Waals surface area contributed by atoms with Crippen LogP contribution < -0.4 is 10.6 Å². The predicted molar refractivity (Wildman–Crippen MR) is 131 cm³/mol. The molecule has 202 valence electrons. The SMILES string of the molecule is NC(=O)C1(OC(=O)C2CCOCC2)CCC(CCN2CCN(c3noc4c(F)cc(F)cc34)CC2)CC1. The van der Waals surface area contributed by atoms with Gasteiger partial charge in [0.05, 0.1) is 11.3 Å². The second-order valence-electron chi connectivity index (χ2n) is 10.5. The monoisotopic (exact) mass is 520 g/mol. The van der Waals surface area contributed by atoms with Crippen LogP contribution in [0.1, 0.15) is 44.9 Å². The quantitative estimate of drug-likeness (QED) is 0.555. The number of carbonyl (C=O) groups excluding carboxylic acids is 2. The zero-order valence-electron chi connectivity index (χ0n) is 20.9. The topological polar surface area (TPSA) is 111 Å². The van der Waals surface area contributed by atoms with Crippen LogP contribution in [0.3, 0.4) is 0 Å². The molecule has 0 spiro atoms. The Morgan fingerprint density at radius 2 is 1.78 bits per heavy atom. The summed E-state index contributed by atoms with van der Waals surface area (Å²) in [5, 5.41) is 4.34. The number of esters is 1. The van der Waals surface area contributed by atoms with Crippen molar-refractivity contribution < 1.29 is 32.4 Å². The maximum Gasteiger partial charge on any atom is 0.310 e. The van der Waals surface area contributed by atoms with Gasteiger partial charge in [0.2, 0.25) is 5.58 Å². The number of rotatable bonds is 7. The van der Waals surface area contributed by atoms with Crippen molar-refractivity contribution in [1.82, 2.24) is 10.1 Å². The number of anilines is 1. The Hall–Kier alpha value is -2.79. The van der Waals surface area contributed by atoms with Gasteiger partial charge in [0.25, 0.3) is 5.91 Å². The Bertz CT molecular complexity index is 1120. The molecule has 9 nitrogen and oxygen atoms in total. The lowest BCUT2D eigenvalue weighted by atomic mass is 9.76. The largest absolute Gasteiger partial charge is 0.449 e. The molecule has 2 saturated heterocycles. The molecule has 0 unspecified atom stereocenters. The highest BCUT2D eigenvalue weighted by Crippen LogP contribution is 2.38. The molecule has 1 amide bonds. The normalized spacial score (nSPS) is 25.9. The lowest BCUT2D eigenvalue weighted by molar-refractivity contribution is -0.178. The first-order chi connectivity index (χ1) is 17.8. The van der Waals surface area contributed by atoms with Crippen LogP contribution in [-0.2, 0) is 19.1 Å². The molecule has 1 aromatic heterocycles. The minimum atomic E-state index is -1.20. The molecular weight excluding hydrogens is 486 g/mol. The summed E-state index contributed by atoms with van der Waals surface area (Å²) in [6.07, 6.45) is 4.70. The van der Waals surface area contributed by atoms with Crippen molar-refractivity contribution >= 4 is 28.7 Å². The number of ether oxygens (including phenoxy) is 2. The maximum atomic E-state index is 14.0. The van der Waals surface area contributed by atoms with E-state index >= 15 is 0 Å². The van der Waals surface area contributed by atoms with Crippen LogP contribution in [-0.4, -0.2) is 73.5 Å². The molecule has 5 rings (SSSR count). The van der Waals surface area contributed by atoms with Crippen molar-refractivity contribution in [2.24, 2.45) is 17.6 Å². The van der Waals surface area contributed by atoms with E-state index in [1.54, 1.807) is 0 Å². The molecule has 11 heteroatoms. The van der Waals surface area contributed by atoms with E-state index in [1.165, 1.54) is 6.07 Å². The number of halogens is 2. The zero-order chi connectivity index (χ0) is 26.0. The van der Waals surface area contributed by atoms with Crippen molar-refractivity contribution in [3.05, 3.63) is 23.8 Å². The van der Waals surface area contributed by atoms with E-state index in [1.807, 2.05) is 4.90 Å². The second kappa shape index (κ2) is 10.9. The van der Waals surface area contributed by atoms with Crippen LogP contribution in [0.2, 0.25) is 0 Å². The van der Waals surface area contributed by atoms with Crippen molar-refractivity contribution in [3.8, 4) is 0 Å². The molecule has 0 radical (unpaired) electrons. The summed E-state index contributed by atoms with van der Waals surface area (Å²) in [4.78, 5) is 29.3. The van der Waals surface area contributed by atoms with E-state index in [2.05, 4.69) is 10.1 Å². The van der Waals surface area contributed by atoms with Gasteiger partial charge in [0.15, 0.2) is 17.2 Å². The number of aromatic nitrogens is 1. The van der Waals surface area contributed by atoms with Gasteiger partial charge in [0.1, 0.15) is 5.82 Å². The minimum absolute atomic E-state index is 0.0263. The van der Waals surface area contributed by atoms with E-state index in [-0.39, 0.29) is 17.5 Å². The van der Waals surface area contributed by atoms with Crippen LogP contribution >= 0.6 is 0 Å². The molecule has 3 fully saturated rings. The molecule has 3 aliphatic rings. The van der Waals surface area contributed by atoms with Gasteiger partial charge in [-0.25, -0.2) is 8.78 Å². The third-order valence-electron chi connectivity index (χ3n) is 8.21. The molecule has 1 aliphatic carbocycles. The predicted octanol–water partition coefficient (Wildman–Crippen LogP) is 3.00. The minimum Gasteiger partial charge on any atom is -0.449 e. The standard InChI is InChI=1S/C26H34F2N4O5/c27-19-15-20-22(21(28)16-19)37-30-23(20)32-11-9-31(10-12-32)8-3-17-1-6-26(7-2-17,25(29)34)36-24(33)18-4-13-35-14-5-18/h15-18H,1-14H2,(H2,29,34). The number of piperazine rings is 1. The average Bonchev–Trinajstić information content (AvgIpc) is 3.33. The molecular formula is C26H34F2N4O5. The molecule has 2 aromatic rings. The van der Waals surface area contributed by atoms with Crippen LogP contribution in [0, 0.1) is 23.5 Å². The van der Waals surface area contributed by atoms with Gasteiger partial charge in [-0.05, 0) is 63.5 Å². The molecule has 0 atom stereocenters. The number of carbonyl (C=O) groups is 2. The number of nitrogens with two attached hydrogens (primary N) is 1. The van der Waals surface area contributed by atoms with E-state index in [0.717, 1.165) is 45.0 Å². The van der Waals surface area contributed by atoms with Gasteiger partial charge >= 0.3 is 5.97 Å². The summed E-state index contributed by atoms with van der Waals surface area (Å²) in [6, 6.07) is 2.05. The van der Waals surface area contributed by atoms with Crippen molar-refractivity contribution in [3.63, 3.8) is 0 Å². The lowest BCUT2D eigenvalue weighted by Crippen LogP contribution is -2.51.